The van der Waals surface area contributed by atoms with Gasteiger partial charge in [-0.3, -0.25) is 5.09 Å². The zero-order chi connectivity index (χ0) is 11.5. The van der Waals surface area contributed by atoms with Gasteiger partial charge < -0.3 is 4.57 Å². The maximum Gasteiger partial charge on any atom is 0.142 e. The Kier molecular flexibility index (Phi) is 4.12. The third kappa shape index (κ3) is 4.63. The molecule has 0 aromatic heterocycles. The van der Waals surface area contributed by atoms with E-state index in [1.165, 1.54) is 11.1 Å². The molecule has 0 aliphatic carbocycles. The first kappa shape index (κ1) is 12.5. The Labute approximate surface area is 92.5 Å². The van der Waals surface area contributed by atoms with Crippen LogP contribution >= 0.6 is 7.29 Å². The maximum atomic E-state index is 11.5. The summed E-state index contributed by atoms with van der Waals surface area (Å²) in [5.41, 5.74) is 2.53. The summed E-state index contributed by atoms with van der Waals surface area (Å²) in [4.78, 5) is 0. The maximum absolute atomic E-state index is 11.5. The highest BCUT2D eigenvalue weighted by Gasteiger charge is 2.05. The minimum Gasteiger partial charge on any atom is -0.307 e. The molecule has 0 spiro atoms. The van der Waals surface area contributed by atoms with Crippen LogP contribution in [0.1, 0.15) is 30.9 Å². The van der Waals surface area contributed by atoms with Crippen molar-refractivity contribution >= 4 is 7.29 Å². The van der Waals surface area contributed by atoms with Gasteiger partial charge in [0.1, 0.15) is 7.29 Å². The minimum absolute atomic E-state index is 0.565. The molecule has 1 aromatic rings. The molecule has 1 N–H and O–H groups in total. The lowest BCUT2D eigenvalue weighted by molar-refractivity contribution is 0.572. The number of benzene rings is 1. The fraction of sp³-hybridized carbons (Fsp3) is 0.500. The number of nitrogens with one attached hydrogen (secondary N) is 1. The van der Waals surface area contributed by atoms with Gasteiger partial charge in [-0.05, 0) is 17.0 Å². The predicted molar refractivity (Wildman–Crippen MR) is 66.8 cm³/mol. The van der Waals surface area contributed by atoms with E-state index in [1.54, 1.807) is 13.3 Å². The van der Waals surface area contributed by atoms with E-state index in [1.807, 2.05) is 0 Å². The molecular weight excluding hydrogens is 205 g/mol. The van der Waals surface area contributed by atoms with Crippen LogP contribution in [0.25, 0.3) is 0 Å². The fourth-order valence-electron chi connectivity index (χ4n) is 1.30. The second kappa shape index (κ2) is 4.96. The van der Waals surface area contributed by atoms with Crippen molar-refractivity contribution in [3.8, 4) is 0 Å². The molecule has 0 atom stereocenters. The average molecular weight is 225 g/mol. The molecule has 0 bridgehead atoms. The van der Waals surface area contributed by atoms with E-state index in [-0.39, 0.29) is 0 Å². The molecule has 0 saturated heterocycles. The molecule has 0 fully saturated rings. The average Bonchev–Trinajstić information content (AvgIpc) is 2.14. The summed E-state index contributed by atoms with van der Waals surface area (Å²) in [5.74, 6) is 0.565. The summed E-state index contributed by atoms with van der Waals surface area (Å²) in [7, 11) is -2.11. The summed E-state index contributed by atoms with van der Waals surface area (Å²) >= 11 is 0. The highest BCUT2D eigenvalue weighted by Crippen LogP contribution is 2.30. The Morgan fingerprint density at radius 2 is 1.73 bits per heavy atom. The summed E-state index contributed by atoms with van der Waals surface area (Å²) < 4.78 is 11.5. The smallest absolute Gasteiger partial charge is 0.142 e. The molecule has 1 aromatic carbocycles. The molecule has 84 valence electrons. The molecule has 0 unspecified atom stereocenters. The van der Waals surface area contributed by atoms with Gasteiger partial charge in [-0.1, -0.05) is 38.1 Å². The van der Waals surface area contributed by atoms with Crippen LogP contribution < -0.4 is 5.09 Å². The van der Waals surface area contributed by atoms with Gasteiger partial charge in [-0.25, -0.2) is 0 Å². The molecule has 1 rings (SSSR count). The van der Waals surface area contributed by atoms with Crippen LogP contribution in [0.4, 0.5) is 0 Å². The first-order chi connectivity index (χ1) is 6.88. The lowest BCUT2D eigenvalue weighted by Crippen LogP contribution is -2.08. The molecule has 0 amide bonds. The quantitative estimate of drug-likeness (QED) is 0.795. The second-order valence-electron chi connectivity index (χ2n) is 4.58. The Morgan fingerprint density at radius 3 is 2.13 bits per heavy atom. The van der Waals surface area contributed by atoms with Crippen LogP contribution in [0, 0.1) is 0 Å². The van der Waals surface area contributed by atoms with Crippen molar-refractivity contribution in [1.29, 1.82) is 0 Å². The normalized spacial score (nSPS) is 12.1. The molecular formula is C12H20NOP. The molecule has 3 heteroatoms. The Bertz CT molecular complexity index is 350. The highest BCUT2D eigenvalue weighted by atomic mass is 31.2. The van der Waals surface area contributed by atoms with Crippen LogP contribution in [0.5, 0.6) is 0 Å². The van der Waals surface area contributed by atoms with E-state index < -0.39 is 7.29 Å². The van der Waals surface area contributed by atoms with Gasteiger partial charge in [-0.2, -0.15) is 0 Å². The molecule has 0 aliphatic heterocycles. The van der Waals surface area contributed by atoms with Crippen LogP contribution in [0.2, 0.25) is 0 Å². The second-order valence-corrected chi connectivity index (χ2v) is 7.60. The van der Waals surface area contributed by atoms with Crippen LogP contribution in [-0.4, -0.2) is 13.3 Å². The van der Waals surface area contributed by atoms with Crippen molar-refractivity contribution in [3.05, 3.63) is 35.4 Å². The van der Waals surface area contributed by atoms with E-state index in [0.29, 0.717) is 12.5 Å². The van der Waals surface area contributed by atoms with Crippen molar-refractivity contribution in [2.45, 2.75) is 26.3 Å². The van der Waals surface area contributed by atoms with Gasteiger partial charge in [0.2, 0.25) is 0 Å². The van der Waals surface area contributed by atoms with Gasteiger partial charge in [0.25, 0.3) is 0 Å². The summed E-state index contributed by atoms with van der Waals surface area (Å²) in [5, 5.41) is 3.04. The van der Waals surface area contributed by atoms with Crippen LogP contribution in [0.15, 0.2) is 24.3 Å². The van der Waals surface area contributed by atoms with Gasteiger partial charge >= 0.3 is 0 Å². The van der Waals surface area contributed by atoms with Gasteiger partial charge in [0, 0.05) is 19.9 Å². The lowest BCUT2D eigenvalue weighted by Gasteiger charge is -2.10. The highest BCUT2D eigenvalue weighted by molar-refractivity contribution is 7.60. The molecule has 0 saturated carbocycles. The summed E-state index contributed by atoms with van der Waals surface area (Å²) in [6.07, 6.45) is 0. The van der Waals surface area contributed by atoms with Crippen LogP contribution in [0.3, 0.4) is 0 Å². The zero-order valence-corrected chi connectivity index (χ0v) is 10.8. The third-order valence-electron chi connectivity index (χ3n) is 2.31. The summed E-state index contributed by atoms with van der Waals surface area (Å²) in [6, 6.07) is 8.46. The summed E-state index contributed by atoms with van der Waals surface area (Å²) in [6.45, 7) is 8.53. The molecule has 0 aliphatic rings. The van der Waals surface area contributed by atoms with E-state index in [0.717, 1.165) is 0 Å². The fourth-order valence-corrected chi connectivity index (χ4v) is 1.87. The van der Waals surface area contributed by atoms with E-state index in [4.69, 9.17) is 0 Å². The number of hydrogen-bond acceptors (Lipinski definition) is 1. The van der Waals surface area contributed by atoms with Gasteiger partial charge in [0.15, 0.2) is 0 Å². The Morgan fingerprint density at radius 1 is 1.20 bits per heavy atom. The van der Waals surface area contributed by atoms with Gasteiger partial charge in [0.05, 0.1) is 0 Å². The molecule has 0 radical (unpaired) electrons. The molecule has 2 nitrogen and oxygen atoms in total. The monoisotopic (exact) mass is 225 g/mol. The van der Waals surface area contributed by atoms with E-state index >= 15 is 0 Å². The van der Waals surface area contributed by atoms with E-state index in [9.17, 15) is 4.57 Å². The third-order valence-corrected chi connectivity index (χ3v) is 3.23. The van der Waals surface area contributed by atoms with E-state index in [2.05, 4.69) is 43.2 Å². The first-order valence-electron chi connectivity index (χ1n) is 5.27. The van der Waals surface area contributed by atoms with Crippen molar-refractivity contribution in [2.24, 2.45) is 0 Å². The number of hydrogen-bond donors (Lipinski definition) is 1. The van der Waals surface area contributed by atoms with Crippen molar-refractivity contribution in [2.75, 3.05) is 13.3 Å². The Hall–Kier alpha value is -0.590. The minimum atomic E-state index is -2.11. The first-order valence-corrected chi connectivity index (χ1v) is 7.87. The van der Waals surface area contributed by atoms with Gasteiger partial charge in [-0.15, -0.1) is 0 Å². The standard InChI is InChI=1S/C12H20NOP/c1-10(2)12-7-5-11(6-8-12)9-13-15(3,4)14/h5-8,10H,9H2,1-4H3,(H,13,14). The Balaban J connectivity index is 2.61. The largest absolute Gasteiger partial charge is 0.307 e. The zero-order valence-electron chi connectivity index (χ0n) is 9.95. The topological polar surface area (TPSA) is 29.1 Å². The lowest BCUT2D eigenvalue weighted by atomic mass is 10.0. The molecule has 0 heterocycles. The SMILES string of the molecule is CC(C)c1ccc(CNP(C)(C)=O)cc1. The number of rotatable bonds is 4. The van der Waals surface area contributed by atoms with Crippen molar-refractivity contribution in [3.63, 3.8) is 0 Å². The van der Waals surface area contributed by atoms with Crippen molar-refractivity contribution in [1.82, 2.24) is 5.09 Å². The molecule has 15 heavy (non-hydrogen) atoms. The predicted octanol–water partition coefficient (Wildman–Crippen LogP) is 3.44. The van der Waals surface area contributed by atoms with Crippen molar-refractivity contribution < 1.29 is 4.57 Å². The van der Waals surface area contributed by atoms with Crippen LogP contribution in [-0.2, 0) is 11.1 Å².